The maximum atomic E-state index is 13.2. The van der Waals surface area contributed by atoms with Gasteiger partial charge in [0, 0.05) is 57.7 Å². The Labute approximate surface area is 239 Å². The van der Waals surface area contributed by atoms with Gasteiger partial charge in [0.15, 0.2) is 6.10 Å². The number of methoxy groups -OCH3 is 2. The second-order valence-electron chi connectivity index (χ2n) is 10.5. The number of nitrogens with zero attached hydrogens (tertiary/aromatic N) is 6. The minimum Gasteiger partial charge on any atom is -0.489 e. The third-order valence-electron chi connectivity index (χ3n) is 7.38. The minimum absolute atomic E-state index is 0.0317. The number of rotatable bonds is 9. The lowest BCUT2D eigenvalue weighted by molar-refractivity contribution is -0.142. The molecule has 41 heavy (non-hydrogen) atoms. The van der Waals surface area contributed by atoms with Crippen molar-refractivity contribution in [3.8, 4) is 22.9 Å². The van der Waals surface area contributed by atoms with Crippen LogP contribution in [0.2, 0.25) is 0 Å². The van der Waals surface area contributed by atoms with Crippen LogP contribution in [0.1, 0.15) is 31.1 Å². The van der Waals surface area contributed by atoms with Gasteiger partial charge < -0.3 is 24.0 Å². The third-order valence-corrected chi connectivity index (χ3v) is 7.38. The Balaban J connectivity index is 1.32. The second-order valence-corrected chi connectivity index (χ2v) is 10.5. The summed E-state index contributed by atoms with van der Waals surface area (Å²) < 4.78 is 18.7. The summed E-state index contributed by atoms with van der Waals surface area (Å²) >= 11 is 0. The van der Waals surface area contributed by atoms with Crippen molar-refractivity contribution in [1.82, 2.24) is 19.5 Å². The van der Waals surface area contributed by atoms with Crippen molar-refractivity contribution >= 4 is 17.2 Å². The van der Waals surface area contributed by atoms with Gasteiger partial charge in [0.2, 0.25) is 0 Å². The molecule has 0 bridgehead atoms. The number of anilines is 1. The zero-order chi connectivity index (χ0) is 29.0. The molecule has 0 N–H and O–H groups in total. The van der Waals surface area contributed by atoms with E-state index < -0.39 is 11.7 Å². The first kappa shape index (κ1) is 28.1. The highest BCUT2D eigenvalue weighted by Crippen LogP contribution is 2.32. The topological polar surface area (TPSA) is 105 Å². The average Bonchev–Trinajstić information content (AvgIpc) is 3.44. The van der Waals surface area contributed by atoms with Crippen molar-refractivity contribution in [3.05, 3.63) is 78.2 Å². The lowest BCUT2D eigenvalue weighted by atomic mass is 10.0. The molecule has 1 atom stereocenters. The molecule has 1 saturated heterocycles. The largest absolute Gasteiger partial charge is 0.489 e. The standard InChI is InChI=1S/C31H34N6O4/c1-31(2,40-4)21-41-25-16-26(28-24(17-32)19-34-37(28)20-25)23-10-11-27(33-18-23)35-12-14-36(15-13-35)30(38)29(39-3)22-8-6-5-7-9-22/h5-11,16,18-20,29H,12-15,21H2,1-4H3/t29-/m1/s1. The number of ether oxygens (including phenoxy) is 3. The summed E-state index contributed by atoms with van der Waals surface area (Å²) in [6.45, 7) is 6.73. The van der Waals surface area contributed by atoms with Gasteiger partial charge in [-0.3, -0.25) is 4.79 Å². The number of hydrogen-bond acceptors (Lipinski definition) is 8. The van der Waals surface area contributed by atoms with Crippen LogP contribution in [0, 0.1) is 11.3 Å². The Morgan fingerprint density at radius 1 is 1.07 bits per heavy atom. The molecule has 10 nitrogen and oxygen atoms in total. The van der Waals surface area contributed by atoms with Crippen LogP contribution in [0.15, 0.2) is 67.1 Å². The average molecular weight is 555 g/mol. The molecule has 0 unspecified atom stereocenters. The number of nitriles is 1. The number of hydrogen-bond donors (Lipinski definition) is 0. The molecule has 0 radical (unpaired) electrons. The molecule has 1 aromatic carbocycles. The summed E-state index contributed by atoms with van der Waals surface area (Å²) in [5.41, 5.74) is 3.20. The zero-order valence-electron chi connectivity index (χ0n) is 23.8. The molecule has 1 aliphatic rings. The molecular formula is C31H34N6O4. The van der Waals surface area contributed by atoms with Gasteiger partial charge in [0.1, 0.15) is 24.2 Å². The number of carbonyl (C=O) groups excluding carboxylic acids is 1. The van der Waals surface area contributed by atoms with E-state index >= 15 is 0 Å². The van der Waals surface area contributed by atoms with Gasteiger partial charge in [-0.2, -0.15) is 10.4 Å². The predicted molar refractivity (Wildman–Crippen MR) is 155 cm³/mol. The van der Waals surface area contributed by atoms with Gasteiger partial charge in [0.05, 0.1) is 29.1 Å². The number of piperazine rings is 1. The van der Waals surface area contributed by atoms with Crippen LogP contribution >= 0.6 is 0 Å². The SMILES string of the molecule is CO[C@@H](C(=O)N1CCN(c2ccc(-c3cc(OCC(C)(C)OC)cn4ncc(C#N)c34)cn2)CC1)c1ccccc1. The zero-order valence-corrected chi connectivity index (χ0v) is 23.8. The highest BCUT2D eigenvalue weighted by Gasteiger charge is 2.29. The molecule has 10 heteroatoms. The summed E-state index contributed by atoms with van der Waals surface area (Å²) in [5, 5.41) is 14.1. The maximum Gasteiger partial charge on any atom is 0.256 e. The van der Waals surface area contributed by atoms with E-state index in [0.29, 0.717) is 49.6 Å². The van der Waals surface area contributed by atoms with Crippen molar-refractivity contribution in [1.29, 1.82) is 5.26 Å². The maximum absolute atomic E-state index is 13.2. The number of benzene rings is 1. The molecule has 0 spiro atoms. The first-order valence-corrected chi connectivity index (χ1v) is 13.5. The van der Waals surface area contributed by atoms with E-state index in [1.807, 2.05) is 67.3 Å². The normalized spacial score (nSPS) is 14.6. The second kappa shape index (κ2) is 12.0. The fourth-order valence-electron chi connectivity index (χ4n) is 4.86. The van der Waals surface area contributed by atoms with Gasteiger partial charge in [-0.15, -0.1) is 0 Å². The fraction of sp³-hybridized carbons (Fsp3) is 0.355. The summed E-state index contributed by atoms with van der Waals surface area (Å²) in [7, 11) is 3.22. The molecule has 1 fully saturated rings. The lowest BCUT2D eigenvalue weighted by Gasteiger charge is -2.36. The van der Waals surface area contributed by atoms with E-state index in [-0.39, 0.29) is 5.91 Å². The van der Waals surface area contributed by atoms with E-state index in [1.54, 1.807) is 37.3 Å². The van der Waals surface area contributed by atoms with Crippen molar-refractivity contribution in [2.45, 2.75) is 25.6 Å². The summed E-state index contributed by atoms with van der Waals surface area (Å²) in [4.78, 5) is 21.9. The van der Waals surface area contributed by atoms with Gasteiger partial charge in [-0.1, -0.05) is 30.3 Å². The Morgan fingerprint density at radius 2 is 1.83 bits per heavy atom. The van der Waals surface area contributed by atoms with Gasteiger partial charge in [-0.25, -0.2) is 9.50 Å². The molecule has 1 amide bonds. The molecular weight excluding hydrogens is 520 g/mol. The van der Waals surface area contributed by atoms with Crippen LogP contribution in [0.3, 0.4) is 0 Å². The Kier molecular flexibility index (Phi) is 8.19. The van der Waals surface area contributed by atoms with E-state index in [4.69, 9.17) is 19.2 Å². The molecule has 0 aliphatic carbocycles. The van der Waals surface area contributed by atoms with Crippen LogP contribution < -0.4 is 9.64 Å². The molecule has 4 aromatic rings. The number of pyridine rings is 2. The van der Waals surface area contributed by atoms with Crippen LogP contribution in [-0.2, 0) is 14.3 Å². The van der Waals surface area contributed by atoms with Crippen LogP contribution in [-0.4, -0.2) is 78.0 Å². The first-order chi connectivity index (χ1) is 19.8. The number of carbonyl (C=O) groups is 1. The van der Waals surface area contributed by atoms with Crippen molar-refractivity contribution < 1.29 is 19.0 Å². The number of amides is 1. The van der Waals surface area contributed by atoms with Gasteiger partial charge in [0.25, 0.3) is 5.91 Å². The monoisotopic (exact) mass is 554 g/mol. The highest BCUT2D eigenvalue weighted by molar-refractivity contribution is 5.85. The molecule has 1 aliphatic heterocycles. The summed E-state index contributed by atoms with van der Waals surface area (Å²) in [6.07, 6.45) is 4.50. The van der Waals surface area contributed by atoms with Crippen molar-refractivity contribution in [2.75, 3.05) is 51.9 Å². The van der Waals surface area contributed by atoms with Gasteiger partial charge in [-0.05, 0) is 37.6 Å². The first-order valence-electron chi connectivity index (χ1n) is 13.5. The van der Waals surface area contributed by atoms with Gasteiger partial charge >= 0.3 is 0 Å². The van der Waals surface area contributed by atoms with E-state index in [9.17, 15) is 10.1 Å². The van der Waals surface area contributed by atoms with Crippen LogP contribution in [0.4, 0.5) is 5.82 Å². The molecule has 0 saturated carbocycles. The smallest absolute Gasteiger partial charge is 0.256 e. The van der Waals surface area contributed by atoms with E-state index in [2.05, 4.69) is 16.1 Å². The number of fused-ring (bicyclic) bond motifs is 1. The fourth-order valence-corrected chi connectivity index (χ4v) is 4.86. The van der Waals surface area contributed by atoms with E-state index in [1.165, 1.54) is 0 Å². The predicted octanol–water partition coefficient (Wildman–Crippen LogP) is 4.11. The molecule has 212 valence electrons. The Bertz CT molecular complexity index is 1540. The van der Waals surface area contributed by atoms with Crippen LogP contribution in [0.5, 0.6) is 5.75 Å². The number of aromatic nitrogens is 3. The van der Waals surface area contributed by atoms with E-state index in [0.717, 1.165) is 22.5 Å². The Hall–Kier alpha value is -4.46. The third kappa shape index (κ3) is 6.01. The summed E-state index contributed by atoms with van der Waals surface area (Å²) in [5.74, 6) is 1.40. The quantitative estimate of drug-likeness (QED) is 0.305. The van der Waals surface area contributed by atoms with Crippen molar-refractivity contribution in [2.24, 2.45) is 0 Å². The summed E-state index contributed by atoms with van der Waals surface area (Å²) in [6, 6.07) is 17.7. The van der Waals surface area contributed by atoms with Crippen LogP contribution in [0.25, 0.3) is 16.6 Å². The molecule has 5 rings (SSSR count). The highest BCUT2D eigenvalue weighted by atomic mass is 16.5. The Morgan fingerprint density at radius 3 is 2.46 bits per heavy atom. The molecule has 4 heterocycles. The van der Waals surface area contributed by atoms with Crippen molar-refractivity contribution in [3.63, 3.8) is 0 Å². The minimum atomic E-state index is -0.612. The molecule has 3 aromatic heterocycles. The lowest BCUT2D eigenvalue weighted by Crippen LogP contribution is -2.50.